The summed E-state index contributed by atoms with van der Waals surface area (Å²) in [5, 5.41) is 3.56. The number of benzene rings is 3. The fourth-order valence-electron chi connectivity index (χ4n) is 2.98. The van der Waals surface area contributed by atoms with Gasteiger partial charge in [0.05, 0.1) is 11.4 Å². The summed E-state index contributed by atoms with van der Waals surface area (Å²) in [7, 11) is 0. The van der Waals surface area contributed by atoms with E-state index in [1.54, 1.807) is 48.5 Å². The summed E-state index contributed by atoms with van der Waals surface area (Å²) >= 11 is 11.9. The number of nitrogens with zero attached hydrogens (tertiary/aromatic N) is 2. The molecular weight excluding hydrogens is 414 g/mol. The number of carbonyl (C=O) groups is 2. The normalized spacial score (nSPS) is 14.0. The maximum atomic E-state index is 13.2. The van der Waals surface area contributed by atoms with Gasteiger partial charge in [-0.25, -0.2) is 14.4 Å². The summed E-state index contributed by atoms with van der Waals surface area (Å²) in [6.45, 7) is 0. The maximum absolute atomic E-state index is 13.2. The Hall–Kier alpha value is -3.15. The van der Waals surface area contributed by atoms with Crippen LogP contribution in [-0.4, -0.2) is 11.8 Å². The number of amides is 2. The average molecular weight is 427 g/mol. The Labute approximate surface area is 176 Å². The predicted molar refractivity (Wildman–Crippen MR) is 112 cm³/mol. The first-order valence-electron chi connectivity index (χ1n) is 8.61. The third-order valence-corrected chi connectivity index (χ3v) is 4.87. The van der Waals surface area contributed by atoms with Crippen molar-refractivity contribution in [1.82, 2.24) is 0 Å². The lowest BCUT2D eigenvalue weighted by Crippen LogP contribution is -2.41. The topological polar surface area (TPSA) is 40.6 Å². The highest BCUT2D eigenvalue weighted by Crippen LogP contribution is 2.33. The molecule has 0 spiro atoms. The lowest BCUT2D eigenvalue weighted by atomic mass is 10.1. The van der Waals surface area contributed by atoms with Gasteiger partial charge in [0.15, 0.2) is 0 Å². The molecule has 0 aliphatic carbocycles. The first kappa shape index (κ1) is 19.2. The highest BCUT2D eigenvalue weighted by atomic mass is 35.5. The van der Waals surface area contributed by atoms with Gasteiger partial charge in [0.25, 0.3) is 11.8 Å². The van der Waals surface area contributed by atoms with Crippen molar-refractivity contribution in [3.63, 3.8) is 0 Å². The lowest BCUT2D eigenvalue weighted by molar-refractivity contribution is -0.116. The van der Waals surface area contributed by atoms with Crippen molar-refractivity contribution in [2.45, 2.75) is 0 Å². The minimum absolute atomic E-state index is 0.0403. The second-order valence-corrected chi connectivity index (χ2v) is 7.17. The van der Waals surface area contributed by atoms with Crippen molar-refractivity contribution >= 4 is 52.5 Å². The van der Waals surface area contributed by atoms with Crippen molar-refractivity contribution in [2.24, 2.45) is 0 Å². The van der Waals surface area contributed by atoms with Crippen LogP contribution in [0.3, 0.4) is 0 Å². The zero-order chi connectivity index (χ0) is 20.5. The van der Waals surface area contributed by atoms with Crippen LogP contribution in [0.15, 0.2) is 78.4 Å². The average Bonchev–Trinajstić information content (AvgIpc) is 2.96. The Balaban J connectivity index is 1.83. The van der Waals surface area contributed by atoms with E-state index < -0.39 is 17.6 Å². The molecule has 1 heterocycles. The van der Waals surface area contributed by atoms with Gasteiger partial charge in [0.1, 0.15) is 11.4 Å². The molecule has 1 aliphatic heterocycles. The van der Waals surface area contributed by atoms with E-state index in [9.17, 15) is 14.0 Å². The van der Waals surface area contributed by atoms with Gasteiger partial charge in [-0.1, -0.05) is 35.3 Å². The maximum Gasteiger partial charge on any atom is 0.283 e. The Morgan fingerprint density at radius 1 is 0.655 bits per heavy atom. The molecule has 0 aromatic heterocycles. The van der Waals surface area contributed by atoms with Gasteiger partial charge in [-0.15, -0.1) is 0 Å². The van der Waals surface area contributed by atoms with Crippen molar-refractivity contribution in [3.8, 4) is 0 Å². The van der Waals surface area contributed by atoms with Gasteiger partial charge in [0.2, 0.25) is 0 Å². The van der Waals surface area contributed by atoms with E-state index >= 15 is 0 Å². The number of carbonyl (C=O) groups excluding carboxylic acids is 2. The van der Waals surface area contributed by atoms with Gasteiger partial charge < -0.3 is 0 Å². The van der Waals surface area contributed by atoms with E-state index in [2.05, 4.69) is 0 Å². The SMILES string of the molecule is O=C1C(=Cc2ccc(F)cc2)C(=O)N(c2ccc(Cl)cc2)N1c1ccc(Cl)cc1. The molecule has 144 valence electrons. The number of hydrogen-bond donors (Lipinski definition) is 0. The lowest BCUT2D eigenvalue weighted by Gasteiger charge is -2.27. The summed E-state index contributed by atoms with van der Waals surface area (Å²) in [4.78, 5) is 26.4. The Kier molecular flexibility index (Phi) is 5.09. The van der Waals surface area contributed by atoms with Crippen LogP contribution in [0.2, 0.25) is 10.0 Å². The van der Waals surface area contributed by atoms with Gasteiger partial charge >= 0.3 is 0 Å². The molecule has 0 N–H and O–H groups in total. The van der Waals surface area contributed by atoms with Crippen LogP contribution < -0.4 is 10.0 Å². The molecule has 0 unspecified atom stereocenters. The van der Waals surface area contributed by atoms with Gasteiger partial charge in [-0.2, -0.15) is 0 Å². The molecule has 0 radical (unpaired) electrons. The monoisotopic (exact) mass is 426 g/mol. The quantitative estimate of drug-likeness (QED) is 0.409. The molecule has 0 saturated carbocycles. The number of hydrazine groups is 1. The third kappa shape index (κ3) is 3.75. The molecule has 2 amide bonds. The highest BCUT2D eigenvalue weighted by Gasteiger charge is 2.42. The first-order chi connectivity index (χ1) is 13.9. The Morgan fingerprint density at radius 3 is 1.48 bits per heavy atom. The second kappa shape index (κ2) is 7.70. The molecule has 1 saturated heterocycles. The molecule has 1 aliphatic rings. The molecule has 7 heteroatoms. The van der Waals surface area contributed by atoms with Crippen LogP contribution in [0.25, 0.3) is 6.08 Å². The smallest absolute Gasteiger partial charge is 0.267 e. The fraction of sp³-hybridized carbons (Fsp3) is 0. The summed E-state index contributed by atoms with van der Waals surface area (Å²) in [6.07, 6.45) is 1.45. The van der Waals surface area contributed by atoms with Crippen LogP contribution in [0, 0.1) is 5.82 Å². The van der Waals surface area contributed by atoms with Crippen LogP contribution in [0.5, 0.6) is 0 Å². The molecule has 29 heavy (non-hydrogen) atoms. The van der Waals surface area contributed by atoms with E-state index in [1.807, 2.05) is 0 Å². The van der Waals surface area contributed by atoms with Gasteiger partial charge in [-0.05, 0) is 72.3 Å². The summed E-state index contributed by atoms with van der Waals surface area (Å²) in [6, 6.07) is 18.7. The van der Waals surface area contributed by atoms with E-state index in [4.69, 9.17) is 23.2 Å². The standard InChI is InChI=1S/C22H13Cl2FN2O2/c23-15-3-9-18(10-4-15)26-21(28)20(13-14-1-7-17(25)8-2-14)22(29)27(26)19-11-5-16(24)6-12-19/h1-13H. The zero-order valence-corrected chi connectivity index (χ0v) is 16.4. The molecule has 1 fully saturated rings. The molecule has 3 aromatic carbocycles. The van der Waals surface area contributed by atoms with E-state index in [-0.39, 0.29) is 5.57 Å². The van der Waals surface area contributed by atoms with Gasteiger partial charge in [0, 0.05) is 10.0 Å². The Bertz CT molecular complexity index is 1050. The number of rotatable bonds is 3. The number of anilines is 2. The Morgan fingerprint density at radius 2 is 1.07 bits per heavy atom. The second-order valence-electron chi connectivity index (χ2n) is 6.30. The predicted octanol–water partition coefficient (Wildman–Crippen LogP) is 5.51. The van der Waals surface area contributed by atoms with Gasteiger partial charge in [-0.3, -0.25) is 9.59 Å². The summed E-state index contributed by atoms with van der Waals surface area (Å²) in [5.41, 5.74) is 1.45. The highest BCUT2D eigenvalue weighted by molar-refractivity contribution is 6.38. The van der Waals surface area contributed by atoms with Crippen LogP contribution in [0.4, 0.5) is 15.8 Å². The largest absolute Gasteiger partial charge is 0.283 e. The minimum atomic E-state index is -0.503. The number of halogens is 3. The molecule has 0 bridgehead atoms. The minimum Gasteiger partial charge on any atom is -0.267 e. The zero-order valence-electron chi connectivity index (χ0n) is 14.9. The molecule has 4 rings (SSSR count). The van der Waals surface area contributed by atoms with Crippen LogP contribution >= 0.6 is 23.2 Å². The van der Waals surface area contributed by atoms with Crippen molar-refractivity contribution in [1.29, 1.82) is 0 Å². The number of hydrogen-bond acceptors (Lipinski definition) is 2. The first-order valence-corrected chi connectivity index (χ1v) is 9.37. The molecule has 0 atom stereocenters. The van der Waals surface area contributed by atoms with E-state index in [0.717, 1.165) is 0 Å². The van der Waals surface area contributed by atoms with Crippen LogP contribution in [-0.2, 0) is 9.59 Å². The molecule has 3 aromatic rings. The molecular formula is C22H13Cl2FN2O2. The third-order valence-electron chi connectivity index (χ3n) is 4.37. The van der Waals surface area contributed by atoms with E-state index in [1.165, 1.54) is 40.4 Å². The van der Waals surface area contributed by atoms with Crippen molar-refractivity contribution in [2.75, 3.05) is 10.0 Å². The molecule has 4 nitrogen and oxygen atoms in total. The van der Waals surface area contributed by atoms with Crippen LogP contribution in [0.1, 0.15) is 5.56 Å². The van der Waals surface area contributed by atoms with Crippen molar-refractivity contribution in [3.05, 3.63) is 99.8 Å². The summed E-state index contributed by atoms with van der Waals surface area (Å²) in [5.74, 6) is -1.41. The van der Waals surface area contributed by atoms with E-state index in [0.29, 0.717) is 27.0 Å². The summed E-state index contributed by atoms with van der Waals surface area (Å²) < 4.78 is 13.2. The fourth-order valence-corrected chi connectivity index (χ4v) is 3.23. The van der Waals surface area contributed by atoms with Crippen molar-refractivity contribution < 1.29 is 14.0 Å².